The molecule has 1 aliphatic heterocycles. The Hall–Kier alpha value is -4.02. The van der Waals surface area contributed by atoms with Crippen LogP contribution in [0.3, 0.4) is 0 Å². The van der Waals surface area contributed by atoms with Gasteiger partial charge < -0.3 is 23.9 Å². The van der Waals surface area contributed by atoms with Gasteiger partial charge in [-0.25, -0.2) is 9.42 Å². The lowest BCUT2D eigenvalue weighted by atomic mass is 9.43. The lowest BCUT2D eigenvalue weighted by Crippen LogP contribution is -2.63. The second kappa shape index (κ2) is 25.3. The molecule has 71 heavy (non-hydrogen) atoms. The van der Waals surface area contributed by atoms with Crippen molar-refractivity contribution in [2.75, 3.05) is 32.9 Å². The predicted molar refractivity (Wildman–Crippen MR) is 267 cm³/mol. The Morgan fingerprint density at radius 3 is 2.25 bits per heavy atom. The average molecular weight is 992 g/mol. The maximum atomic E-state index is 14.0. The summed E-state index contributed by atoms with van der Waals surface area (Å²) in [6, 6.07) is 3.11. The summed E-state index contributed by atoms with van der Waals surface area (Å²) in [5, 5.41) is 19.6. The Bertz CT molecular complexity index is 2100. The Labute approximate surface area is 421 Å². The standard InChI is InChI=1S/C55H85N5O11/c1-7-10-30-67-40-27-28-54(5)39(33-40)34-45(68-31-11-8-2)51-42-23-22-41(55(42,6)46(35-43(51)54)69-32-12-9-3)37(4)18-17-29-58(36-50(64)70-59-48(62)25-26-49(59)63)47(61)20-16-14-13-15-19-38-21-24-44(60(65)66)53-52(38)56-71-57-53/h21,24,37,39-43,45-46,51H,7-20,22-23,25-36H2,1-6H3/t37?,39?,40-,41?,42?,43?,45-,46+,51?,54+,55-/m1/s1. The lowest BCUT2D eigenvalue weighted by Gasteiger charge is -2.65. The SMILES string of the molecule is CCCCO[C@@H]1CC[C@@]2(C)C(C1)C[C@@H](OCCCC)C1C2C[C@H](OCCCC)[C@]2(C)C(C(C)CCCN(CC(=O)ON3C(=O)CCC3=O)C(=O)CCCCCCc3ccc([N+](=O)[O-])c4nonc34)CCC12. The number of carbonyl (C=O) groups is 4. The third-order valence-electron chi connectivity index (χ3n) is 18.2. The number of ether oxygens (including phenoxy) is 3. The van der Waals surface area contributed by atoms with E-state index in [2.05, 4.69) is 51.9 Å². The van der Waals surface area contributed by atoms with Gasteiger partial charge in [-0.15, -0.1) is 5.06 Å². The molecule has 4 aliphatic carbocycles. The van der Waals surface area contributed by atoms with Crippen molar-refractivity contribution in [2.45, 2.75) is 208 Å². The van der Waals surface area contributed by atoms with Crippen LogP contribution in [0.1, 0.15) is 188 Å². The number of imide groups is 1. The lowest BCUT2D eigenvalue weighted by molar-refractivity contribution is -0.383. The van der Waals surface area contributed by atoms with Crippen molar-refractivity contribution < 1.29 is 47.8 Å². The van der Waals surface area contributed by atoms with Crippen molar-refractivity contribution >= 4 is 40.4 Å². The van der Waals surface area contributed by atoms with E-state index in [4.69, 9.17) is 23.7 Å². The molecule has 396 valence electrons. The van der Waals surface area contributed by atoms with Crippen LogP contribution in [0.15, 0.2) is 16.8 Å². The predicted octanol–water partition coefficient (Wildman–Crippen LogP) is 10.9. The zero-order valence-corrected chi connectivity index (χ0v) is 43.9. The smallest absolute Gasteiger partial charge is 0.352 e. The number of unbranched alkanes of at least 4 members (excludes halogenated alkanes) is 6. The monoisotopic (exact) mass is 992 g/mol. The second-order valence-corrected chi connectivity index (χ2v) is 22.5. The number of aryl methyl sites for hydroxylation is 1. The molecule has 5 aliphatic rings. The zero-order valence-electron chi connectivity index (χ0n) is 43.9. The van der Waals surface area contributed by atoms with E-state index >= 15 is 0 Å². The van der Waals surface area contributed by atoms with Crippen molar-refractivity contribution in [3.8, 4) is 0 Å². The third kappa shape index (κ3) is 12.5. The van der Waals surface area contributed by atoms with Gasteiger partial charge in [0.15, 0.2) is 0 Å². The fraction of sp³-hybridized carbons (Fsp3) is 0.818. The van der Waals surface area contributed by atoms with Crippen molar-refractivity contribution in [2.24, 2.45) is 46.3 Å². The number of aromatic nitrogens is 2. The van der Waals surface area contributed by atoms with Gasteiger partial charge in [0, 0.05) is 57.1 Å². The quantitative estimate of drug-likeness (QED) is 0.0338. The minimum Gasteiger partial charge on any atom is -0.378 e. The van der Waals surface area contributed by atoms with Crippen LogP contribution in [-0.4, -0.2) is 100 Å². The minimum atomic E-state index is -0.807. The number of nitro groups is 1. The van der Waals surface area contributed by atoms with Crippen molar-refractivity contribution in [1.82, 2.24) is 20.3 Å². The minimum absolute atomic E-state index is 0.00848. The first-order valence-corrected chi connectivity index (χ1v) is 27.8. The van der Waals surface area contributed by atoms with Crippen LogP contribution in [0, 0.1) is 56.5 Å². The molecule has 16 nitrogen and oxygen atoms in total. The van der Waals surface area contributed by atoms with Gasteiger partial charge in [0.25, 0.3) is 11.8 Å². The number of nitro benzene ring substituents is 1. The number of nitrogens with zero attached hydrogens (tertiary/aromatic N) is 5. The summed E-state index contributed by atoms with van der Waals surface area (Å²) in [5.74, 6) is 0.756. The van der Waals surface area contributed by atoms with Crippen LogP contribution >= 0.6 is 0 Å². The van der Waals surface area contributed by atoms with Gasteiger partial charge in [-0.1, -0.05) is 73.6 Å². The number of hydroxylamine groups is 2. The normalized spacial score (nSPS) is 29.7. The summed E-state index contributed by atoms with van der Waals surface area (Å²) in [6.07, 6.45) is 20.6. The average Bonchev–Trinajstić information content (AvgIpc) is 4.07. The van der Waals surface area contributed by atoms with E-state index in [9.17, 15) is 29.3 Å². The van der Waals surface area contributed by atoms with E-state index in [-0.39, 0.29) is 66.0 Å². The second-order valence-electron chi connectivity index (χ2n) is 22.5. The van der Waals surface area contributed by atoms with Crippen molar-refractivity contribution in [3.05, 3.63) is 27.8 Å². The summed E-state index contributed by atoms with van der Waals surface area (Å²) in [5.41, 5.74) is 1.38. The van der Waals surface area contributed by atoms with Gasteiger partial charge in [-0.05, 0) is 159 Å². The summed E-state index contributed by atoms with van der Waals surface area (Å²) in [6.45, 7) is 16.7. The van der Waals surface area contributed by atoms with E-state index in [1.54, 1.807) is 11.0 Å². The van der Waals surface area contributed by atoms with Crippen LogP contribution in [0.25, 0.3) is 11.0 Å². The Morgan fingerprint density at radius 1 is 0.845 bits per heavy atom. The summed E-state index contributed by atoms with van der Waals surface area (Å²) < 4.78 is 25.6. The highest BCUT2D eigenvalue weighted by atomic mass is 16.7. The molecule has 1 saturated heterocycles. The number of hydrogen-bond donors (Lipinski definition) is 0. The molecule has 4 saturated carbocycles. The summed E-state index contributed by atoms with van der Waals surface area (Å²) in [4.78, 5) is 69.6. The summed E-state index contributed by atoms with van der Waals surface area (Å²) >= 11 is 0. The molecule has 2 heterocycles. The number of fused-ring (bicyclic) bond motifs is 6. The molecule has 5 fully saturated rings. The molecule has 1 aromatic heterocycles. The number of carbonyl (C=O) groups excluding carboxylic acids is 4. The number of benzene rings is 1. The van der Waals surface area contributed by atoms with Gasteiger partial charge in [-0.2, -0.15) is 0 Å². The Balaban J connectivity index is 1.01. The zero-order chi connectivity index (χ0) is 50.7. The molecule has 16 heteroatoms. The van der Waals surface area contributed by atoms with E-state index in [1.165, 1.54) is 12.5 Å². The molecular weight excluding hydrogens is 907 g/mol. The number of amides is 3. The first-order valence-electron chi connectivity index (χ1n) is 27.8. The third-order valence-corrected chi connectivity index (χ3v) is 18.2. The van der Waals surface area contributed by atoms with E-state index < -0.39 is 22.7 Å². The Kier molecular flexibility index (Phi) is 19.5. The fourth-order valence-electron chi connectivity index (χ4n) is 14.2. The van der Waals surface area contributed by atoms with Gasteiger partial charge >= 0.3 is 11.7 Å². The highest BCUT2D eigenvalue weighted by Gasteiger charge is 2.66. The highest BCUT2D eigenvalue weighted by Crippen LogP contribution is 2.69. The van der Waals surface area contributed by atoms with Crippen LogP contribution in [-0.2, 0) is 44.6 Å². The summed E-state index contributed by atoms with van der Waals surface area (Å²) in [7, 11) is 0. The molecule has 11 atom stereocenters. The highest BCUT2D eigenvalue weighted by molar-refractivity contribution is 6.01. The van der Waals surface area contributed by atoms with E-state index in [1.807, 2.05) is 0 Å². The van der Waals surface area contributed by atoms with Gasteiger partial charge in [0.1, 0.15) is 12.1 Å². The number of non-ortho nitro benzene ring substituents is 1. The molecule has 1 aromatic carbocycles. The van der Waals surface area contributed by atoms with Crippen LogP contribution in [0.2, 0.25) is 0 Å². The molecule has 0 bridgehead atoms. The molecule has 0 radical (unpaired) electrons. The van der Waals surface area contributed by atoms with Gasteiger partial charge in [0.2, 0.25) is 11.4 Å². The van der Waals surface area contributed by atoms with E-state index in [0.717, 1.165) is 128 Å². The maximum absolute atomic E-state index is 14.0. The molecule has 2 aromatic rings. The molecule has 0 spiro atoms. The topological polar surface area (TPSA) is 194 Å². The molecular formula is C55H85N5O11. The van der Waals surface area contributed by atoms with Crippen molar-refractivity contribution in [3.63, 3.8) is 0 Å². The molecule has 6 unspecified atom stereocenters. The first-order chi connectivity index (χ1) is 34.2. The van der Waals surface area contributed by atoms with Crippen molar-refractivity contribution in [1.29, 1.82) is 0 Å². The Morgan fingerprint density at radius 2 is 1.54 bits per heavy atom. The largest absolute Gasteiger partial charge is 0.378 e. The van der Waals surface area contributed by atoms with Crippen LogP contribution in [0.5, 0.6) is 0 Å². The number of hydrogen-bond acceptors (Lipinski definition) is 13. The van der Waals surface area contributed by atoms with Gasteiger partial charge in [0.05, 0.1) is 23.2 Å². The van der Waals surface area contributed by atoms with Gasteiger partial charge in [-0.3, -0.25) is 24.5 Å². The first kappa shape index (κ1) is 54.7. The molecule has 0 N–H and O–H groups in total. The van der Waals surface area contributed by atoms with Crippen LogP contribution in [0.4, 0.5) is 5.69 Å². The molecule has 3 amide bonds. The molecule has 7 rings (SSSR count). The van der Waals surface area contributed by atoms with Crippen LogP contribution < -0.4 is 0 Å². The van der Waals surface area contributed by atoms with E-state index in [0.29, 0.717) is 78.0 Å². The maximum Gasteiger partial charge on any atom is 0.352 e. The number of rotatable bonds is 28. The fourth-order valence-corrected chi connectivity index (χ4v) is 14.2.